The number of hydrazine groups is 1. The van der Waals surface area contributed by atoms with Crippen LogP contribution >= 0.6 is 0 Å². The first-order valence-electron chi connectivity index (χ1n) is 12.5. The lowest BCUT2D eigenvalue weighted by atomic mass is 10.0. The molecule has 2 aliphatic rings. The van der Waals surface area contributed by atoms with E-state index in [1.165, 1.54) is 25.1 Å². The minimum atomic E-state index is -4.80. The summed E-state index contributed by atoms with van der Waals surface area (Å²) < 4.78 is 77.5. The molecule has 1 amide bonds. The van der Waals surface area contributed by atoms with E-state index in [1.54, 1.807) is 5.01 Å². The zero-order valence-electron chi connectivity index (χ0n) is 21.6. The third kappa shape index (κ3) is 6.56. The first kappa shape index (κ1) is 28.9. The summed E-state index contributed by atoms with van der Waals surface area (Å²) in [6.07, 6.45) is -3.11. The molecule has 0 unspecified atom stereocenters. The van der Waals surface area contributed by atoms with Crippen LogP contribution in [-0.4, -0.2) is 96.0 Å². The Bertz CT molecular complexity index is 1180. The topological polar surface area (TPSA) is 80.1 Å². The maximum Gasteiger partial charge on any atom is 0.435 e. The molecular weight excluding hydrogens is 529 g/mol. The summed E-state index contributed by atoms with van der Waals surface area (Å²) in [4.78, 5) is 26.1. The molecule has 2 fully saturated rings. The second kappa shape index (κ2) is 12.0. The molecule has 0 radical (unpaired) electrons. The number of carbonyl (C=O) groups excluding carboxylic acids is 2. The molecule has 1 aromatic carbocycles. The Morgan fingerprint density at radius 3 is 2.54 bits per heavy atom. The van der Waals surface area contributed by atoms with Gasteiger partial charge >= 0.3 is 12.8 Å². The fraction of sp³-hybridized carbons (Fsp3) is 0.560. The van der Waals surface area contributed by atoms with E-state index in [0.717, 1.165) is 17.5 Å². The van der Waals surface area contributed by atoms with E-state index in [9.17, 15) is 31.5 Å². The van der Waals surface area contributed by atoms with Crippen molar-refractivity contribution in [3.05, 3.63) is 40.7 Å². The van der Waals surface area contributed by atoms with Crippen molar-refractivity contribution in [2.24, 2.45) is 0 Å². The molecule has 0 spiro atoms. The van der Waals surface area contributed by atoms with Crippen LogP contribution in [0.5, 0.6) is 5.75 Å². The van der Waals surface area contributed by atoms with Gasteiger partial charge in [-0.3, -0.25) is 14.6 Å². The van der Waals surface area contributed by atoms with Gasteiger partial charge in [-0.25, -0.2) is 9.69 Å². The molecule has 2 aliphatic heterocycles. The highest BCUT2D eigenvalue weighted by molar-refractivity contribution is 5.77. The zero-order chi connectivity index (χ0) is 28.3. The average Bonchev–Trinajstić information content (AvgIpc) is 3.28. The summed E-state index contributed by atoms with van der Waals surface area (Å²) in [5, 5.41) is 7.41. The van der Waals surface area contributed by atoms with Gasteiger partial charge in [0, 0.05) is 31.2 Å². The second-order valence-electron chi connectivity index (χ2n) is 9.55. The predicted molar refractivity (Wildman–Crippen MR) is 129 cm³/mol. The van der Waals surface area contributed by atoms with Crippen molar-refractivity contribution >= 4 is 12.2 Å². The largest absolute Gasteiger partial charge is 0.435 e. The van der Waals surface area contributed by atoms with Crippen molar-refractivity contribution in [1.82, 2.24) is 24.7 Å². The highest BCUT2D eigenvalue weighted by atomic mass is 19.4. The SMILES string of the molecule is Cc1cc(-n2nc(C(F)(F)F)c(CCN(C)C3CCN(N4CCOCC4=O)CC3)c2C=O)ccc1OC(F)F. The normalized spacial score (nSPS) is 17.9. The molecule has 0 bridgehead atoms. The molecule has 214 valence electrons. The lowest BCUT2D eigenvalue weighted by Crippen LogP contribution is -2.56. The zero-order valence-corrected chi connectivity index (χ0v) is 21.6. The molecule has 39 heavy (non-hydrogen) atoms. The average molecular weight is 560 g/mol. The van der Waals surface area contributed by atoms with Gasteiger partial charge in [-0.15, -0.1) is 0 Å². The quantitative estimate of drug-likeness (QED) is 0.345. The van der Waals surface area contributed by atoms with E-state index in [2.05, 4.69) is 9.84 Å². The Morgan fingerprint density at radius 2 is 1.95 bits per heavy atom. The number of benzene rings is 1. The van der Waals surface area contributed by atoms with Crippen LogP contribution in [0.15, 0.2) is 18.2 Å². The van der Waals surface area contributed by atoms with Gasteiger partial charge in [-0.05, 0) is 57.0 Å². The Labute approximate surface area is 222 Å². The molecule has 0 N–H and O–H groups in total. The lowest BCUT2D eigenvalue weighted by molar-refractivity contribution is -0.168. The maximum absolute atomic E-state index is 14.0. The molecular formula is C25H30F5N5O4. The van der Waals surface area contributed by atoms with Crippen LogP contribution in [0.3, 0.4) is 0 Å². The standard InChI is InChI=1S/C25H30F5N5O4/c1-16-13-18(3-4-21(16)39-24(26)27)35-20(14-36)19(23(31-35)25(28,29)30)7-8-32(2)17-5-9-33(10-6-17)34-11-12-38-15-22(34)37/h3-4,13-14,17,24H,5-12,15H2,1-2H3. The number of aromatic nitrogens is 2. The van der Waals surface area contributed by atoms with E-state index < -0.39 is 18.5 Å². The Balaban J connectivity index is 1.49. The lowest BCUT2D eigenvalue weighted by Gasteiger charge is -2.43. The highest BCUT2D eigenvalue weighted by Crippen LogP contribution is 2.34. The summed E-state index contributed by atoms with van der Waals surface area (Å²) in [6, 6.07) is 3.89. The van der Waals surface area contributed by atoms with E-state index >= 15 is 0 Å². The van der Waals surface area contributed by atoms with Crippen LogP contribution < -0.4 is 4.74 Å². The molecule has 14 heteroatoms. The van der Waals surface area contributed by atoms with E-state index in [4.69, 9.17) is 4.74 Å². The van der Waals surface area contributed by atoms with Crippen molar-refractivity contribution in [3.63, 3.8) is 0 Å². The number of alkyl halides is 5. The Kier molecular flexibility index (Phi) is 8.86. The van der Waals surface area contributed by atoms with Crippen LogP contribution in [0.1, 0.15) is 40.2 Å². The fourth-order valence-corrected chi connectivity index (χ4v) is 5.06. The van der Waals surface area contributed by atoms with Crippen molar-refractivity contribution in [2.75, 3.05) is 46.4 Å². The van der Waals surface area contributed by atoms with E-state index in [1.807, 2.05) is 17.0 Å². The summed E-state index contributed by atoms with van der Waals surface area (Å²) >= 11 is 0. The number of carbonyl (C=O) groups is 2. The molecule has 3 heterocycles. The number of aryl methyl sites for hydroxylation is 1. The predicted octanol–water partition coefficient (Wildman–Crippen LogP) is 3.33. The smallest absolute Gasteiger partial charge is 0.435 e. The number of aldehydes is 1. The number of rotatable bonds is 9. The third-order valence-electron chi connectivity index (χ3n) is 7.10. The first-order chi connectivity index (χ1) is 18.5. The fourth-order valence-electron chi connectivity index (χ4n) is 5.06. The molecule has 1 aromatic heterocycles. The van der Waals surface area contributed by atoms with Gasteiger partial charge in [0.1, 0.15) is 18.1 Å². The number of ether oxygens (including phenoxy) is 2. The number of amides is 1. The first-order valence-corrected chi connectivity index (χ1v) is 12.5. The van der Waals surface area contributed by atoms with Gasteiger partial charge in [0.2, 0.25) is 0 Å². The summed E-state index contributed by atoms with van der Waals surface area (Å²) in [6.45, 7) is 0.962. The van der Waals surface area contributed by atoms with Crippen LogP contribution in [0.25, 0.3) is 5.69 Å². The van der Waals surface area contributed by atoms with Crippen LogP contribution in [0, 0.1) is 6.92 Å². The second-order valence-corrected chi connectivity index (χ2v) is 9.55. The summed E-state index contributed by atoms with van der Waals surface area (Å²) in [7, 11) is 1.82. The molecule has 4 rings (SSSR count). The van der Waals surface area contributed by atoms with Crippen LogP contribution in [0.4, 0.5) is 22.0 Å². The maximum atomic E-state index is 14.0. The van der Waals surface area contributed by atoms with Gasteiger partial charge in [0.15, 0.2) is 12.0 Å². The number of piperidine rings is 1. The van der Waals surface area contributed by atoms with Gasteiger partial charge in [-0.1, -0.05) is 0 Å². The molecule has 0 saturated carbocycles. The number of morpholine rings is 1. The third-order valence-corrected chi connectivity index (χ3v) is 7.10. The molecule has 2 aromatic rings. The Morgan fingerprint density at radius 1 is 1.23 bits per heavy atom. The minimum absolute atomic E-state index is 0.0569. The van der Waals surface area contributed by atoms with Crippen molar-refractivity contribution in [1.29, 1.82) is 0 Å². The van der Waals surface area contributed by atoms with E-state index in [0.29, 0.717) is 32.5 Å². The molecule has 0 aliphatic carbocycles. The van der Waals surface area contributed by atoms with Crippen molar-refractivity contribution < 1.29 is 41.0 Å². The molecule has 2 saturated heterocycles. The molecule has 0 atom stereocenters. The Hall–Kier alpha value is -3.10. The van der Waals surface area contributed by atoms with Crippen LogP contribution in [0.2, 0.25) is 0 Å². The summed E-state index contributed by atoms with van der Waals surface area (Å²) in [5.41, 5.74) is -1.28. The minimum Gasteiger partial charge on any atom is -0.435 e. The van der Waals surface area contributed by atoms with Gasteiger partial charge in [0.25, 0.3) is 5.91 Å². The monoisotopic (exact) mass is 559 g/mol. The number of halogens is 5. The van der Waals surface area contributed by atoms with Gasteiger partial charge < -0.3 is 14.4 Å². The summed E-state index contributed by atoms with van der Waals surface area (Å²) in [5.74, 6) is -0.215. The van der Waals surface area contributed by atoms with Gasteiger partial charge in [0.05, 0.1) is 18.8 Å². The number of hydrogen-bond donors (Lipinski definition) is 0. The van der Waals surface area contributed by atoms with E-state index in [-0.39, 0.29) is 59.8 Å². The number of likely N-dealkylation sites (N-methyl/N-ethyl adjacent to an activating group) is 1. The molecule has 9 nitrogen and oxygen atoms in total. The van der Waals surface area contributed by atoms with Crippen LogP contribution in [-0.2, 0) is 22.1 Å². The number of hydrogen-bond acceptors (Lipinski definition) is 7. The highest BCUT2D eigenvalue weighted by Gasteiger charge is 2.39. The van der Waals surface area contributed by atoms with Gasteiger partial charge in [-0.2, -0.15) is 27.1 Å². The van der Waals surface area contributed by atoms with Crippen molar-refractivity contribution in [3.8, 4) is 11.4 Å². The van der Waals surface area contributed by atoms with Crippen molar-refractivity contribution in [2.45, 2.75) is 45.0 Å². The number of nitrogens with zero attached hydrogens (tertiary/aromatic N) is 5.